The fraction of sp³-hybridized carbons (Fsp3) is 0.357. The smallest absolute Gasteiger partial charge is 0.252 e. The van der Waals surface area contributed by atoms with Gasteiger partial charge in [-0.3, -0.25) is 9.69 Å². The molecule has 0 atom stereocenters. The zero-order valence-corrected chi connectivity index (χ0v) is 11.4. The Balaban J connectivity index is 2.43. The maximum absolute atomic E-state index is 12.0. The van der Waals surface area contributed by atoms with E-state index in [-0.39, 0.29) is 5.56 Å². The first-order valence-electron chi connectivity index (χ1n) is 6.17. The van der Waals surface area contributed by atoms with Crippen molar-refractivity contribution >= 4 is 22.5 Å². The van der Waals surface area contributed by atoms with Crippen LogP contribution in [0.1, 0.15) is 19.4 Å². The van der Waals surface area contributed by atoms with Gasteiger partial charge in [0.1, 0.15) is 0 Å². The van der Waals surface area contributed by atoms with Crippen LogP contribution in [0.3, 0.4) is 0 Å². The number of halogens is 1. The second kappa shape index (κ2) is 5.55. The van der Waals surface area contributed by atoms with E-state index in [0.717, 1.165) is 29.6 Å². The molecule has 0 bridgehead atoms. The number of nitrogens with one attached hydrogen (secondary N) is 1. The summed E-state index contributed by atoms with van der Waals surface area (Å²) in [4.78, 5) is 17.1. The molecule has 1 aromatic heterocycles. The minimum absolute atomic E-state index is 0.0309. The molecule has 0 aliphatic heterocycles. The van der Waals surface area contributed by atoms with Crippen LogP contribution < -0.4 is 5.56 Å². The molecule has 1 heterocycles. The molecule has 1 N–H and O–H groups in total. The van der Waals surface area contributed by atoms with E-state index in [0.29, 0.717) is 11.6 Å². The number of aromatic amines is 1. The van der Waals surface area contributed by atoms with Gasteiger partial charge in [0.2, 0.25) is 0 Å². The normalized spacial score (nSPS) is 11.3. The van der Waals surface area contributed by atoms with Crippen LogP contribution >= 0.6 is 11.6 Å². The van der Waals surface area contributed by atoms with E-state index >= 15 is 0 Å². The third-order valence-corrected chi connectivity index (χ3v) is 3.41. The first-order valence-corrected chi connectivity index (χ1v) is 6.55. The van der Waals surface area contributed by atoms with E-state index in [1.54, 1.807) is 6.07 Å². The Morgan fingerprint density at radius 1 is 1.22 bits per heavy atom. The number of H-pyrrole nitrogens is 1. The summed E-state index contributed by atoms with van der Waals surface area (Å²) >= 11 is 5.91. The van der Waals surface area contributed by atoms with Gasteiger partial charge >= 0.3 is 0 Å². The quantitative estimate of drug-likeness (QED) is 0.922. The Morgan fingerprint density at radius 2 is 1.94 bits per heavy atom. The molecular formula is C14H17ClN2O. The molecule has 2 rings (SSSR count). The molecule has 96 valence electrons. The third-order valence-electron chi connectivity index (χ3n) is 3.17. The van der Waals surface area contributed by atoms with Gasteiger partial charge in [-0.2, -0.15) is 0 Å². The summed E-state index contributed by atoms with van der Waals surface area (Å²) in [5.41, 5.74) is 1.56. The van der Waals surface area contributed by atoms with Crippen LogP contribution in [0.5, 0.6) is 0 Å². The zero-order chi connectivity index (χ0) is 13.1. The van der Waals surface area contributed by atoms with E-state index in [4.69, 9.17) is 11.6 Å². The highest BCUT2D eigenvalue weighted by Gasteiger charge is 2.07. The summed E-state index contributed by atoms with van der Waals surface area (Å²) in [5.74, 6) is 0. The molecule has 0 amide bonds. The van der Waals surface area contributed by atoms with Crippen molar-refractivity contribution in [1.29, 1.82) is 0 Å². The molecule has 18 heavy (non-hydrogen) atoms. The first kappa shape index (κ1) is 13.1. The van der Waals surface area contributed by atoms with Crippen LogP contribution in [-0.2, 0) is 6.54 Å². The van der Waals surface area contributed by atoms with Crippen LogP contribution in [0, 0.1) is 0 Å². The minimum atomic E-state index is -0.0309. The number of nitrogens with zero attached hydrogens (tertiary/aromatic N) is 1. The van der Waals surface area contributed by atoms with Crippen molar-refractivity contribution in [3.63, 3.8) is 0 Å². The first-order chi connectivity index (χ1) is 8.63. The highest BCUT2D eigenvalue weighted by Crippen LogP contribution is 2.17. The molecule has 0 unspecified atom stereocenters. The van der Waals surface area contributed by atoms with Crippen molar-refractivity contribution in [2.24, 2.45) is 0 Å². The van der Waals surface area contributed by atoms with Crippen LogP contribution in [0.4, 0.5) is 0 Å². The largest absolute Gasteiger partial charge is 0.322 e. The summed E-state index contributed by atoms with van der Waals surface area (Å²) in [7, 11) is 0. The molecule has 0 saturated carbocycles. The molecule has 0 aliphatic rings. The maximum atomic E-state index is 12.0. The van der Waals surface area contributed by atoms with Crippen molar-refractivity contribution in [2.75, 3.05) is 13.1 Å². The van der Waals surface area contributed by atoms with Crippen LogP contribution in [0.15, 0.2) is 29.1 Å². The van der Waals surface area contributed by atoms with E-state index < -0.39 is 0 Å². The summed E-state index contributed by atoms with van der Waals surface area (Å²) in [6, 6.07) is 7.49. The SMILES string of the molecule is CCN(CC)Cc1cc2ccc(Cl)cc2[nH]c1=O. The Hall–Kier alpha value is -1.32. The molecular weight excluding hydrogens is 248 g/mol. The molecule has 0 saturated heterocycles. The van der Waals surface area contributed by atoms with E-state index in [2.05, 4.69) is 23.7 Å². The fourth-order valence-corrected chi connectivity index (χ4v) is 2.20. The average Bonchev–Trinajstić information content (AvgIpc) is 2.36. The van der Waals surface area contributed by atoms with Crippen molar-refractivity contribution in [1.82, 2.24) is 9.88 Å². The van der Waals surface area contributed by atoms with Gasteiger partial charge in [0, 0.05) is 22.6 Å². The lowest BCUT2D eigenvalue weighted by Crippen LogP contribution is -2.26. The van der Waals surface area contributed by atoms with Crippen LogP contribution in [0.2, 0.25) is 5.02 Å². The van der Waals surface area contributed by atoms with E-state index in [1.807, 2.05) is 18.2 Å². The number of aromatic nitrogens is 1. The Labute approximate surface area is 111 Å². The molecule has 4 heteroatoms. The average molecular weight is 265 g/mol. The number of hydrogen-bond acceptors (Lipinski definition) is 2. The summed E-state index contributed by atoms with van der Waals surface area (Å²) in [5, 5.41) is 1.65. The second-order valence-corrected chi connectivity index (χ2v) is 4.75. The highest BCUT2D eigenvalue weighted by atomic mass is 35.5. The predicted octanol–water partition coefficient (Wildman–Crippen LogP) is 3.02. The van der Waals surface area contributed by atoms with Gasteiger partial charge in [-0.15, -0.1) is 0 Å². The van der Waals surface area contributed by atoms with Crippen molar-refractivity contribution in [3.8, 4) is 0 Å². The van der Waals surface area contributed by atoms with Gasteiger partial charge in [0.05, 0.1) is 0 Å². The molecule has 3 nitrogen and oxygen atoms in total. The van der Waals surface area contributed by atoms with Gasteiger partial charge in [0.15, 0.2) is 0 Å². The Kier molecular flexibility index (Phi) is 4.04. The molecule has 0 fully saturated rings. The van der Waals surface area contributed by atoms with Gasteiger partial charge < -0.3 is 4.98 Å². The number of fused-ring (bicyclic) bond motifs is 1. The number of rotatable bonds is 4. The lowest BCUT2D eigenvalue weighted by atomic mass is 10.1. The zero-order valence-electron chi connectivity index (χ0n) is 10.7. The summed E-state index contributed by atoms with van der Waals surface area (Å²) < 4.78 is 0. The minimum Gasteiger partial charge on any atom is -0.322 e. The monoisotopic (exact) mass is 264 g/mol. The molecule has 0 radical (unpaired) electrons. The van der Waals surface area contributed by atoms with Crippen molar-refractivity contribution < 1.29 is 0 Å². The van der Waals surface area contributed by atoms with Crippen LogP contribution in [0.25, 0.3) is 10.9 Å². The molecule has 0 spiro atoms. The van der Waals surface area contributed by atoms with Gasteiger partial charge in [-0.05, 0) is 36.7 Å². The van der Waals surface area contributed by atoms with E-state index in [9.17, 15) is 4.79 Å². The highest BCUT2D eigenvalue weighted by molar-refractivity contribution is 6.31. The van der Waals surface area contributed by atoms with Gasteiger partial charge in [0.25, 0.3) is 5.56 Å². The molecule has 1 aromatic carbocycles. The number of benzene rings is 1. The van der Waals surface area contributed by atoms with Crippen molar-refractivity contribution in [2.45, 2.75) is 20.4 Å². The summed E-state index contributed by atoms with van der Waals surface area (Å²) in [6.45, 7) is 6.75. The van der Waals surface area contributed by atoms with Gasteiger partial charge in [-0.25, -0.2) is 0 Å². The topological polar surface area (TPSA) is 36.1 Å². The second-order valence-electron chi connectivity index (χ2n) is 4.32. The van der Waals surface area contributed by atoms with Gasteiger partial charge in [-0.1, -0.05) is 31.5 Å². The van der Waals surface area contributed by atoms with Crippen LogP contribution in [-0.4, -0.2) is 23.0 Å². The lowest BCUT2D eigenvalue weighted by molar-refractivity contribution is 0.295. The van der Waals surface area contributed by atoms with Crippen molar-refractivity contribution in [3.05, 3.63) is 45.2 Å². The predicted molar refractivity (Wildman–Crippen MR) is 76.2 cm³/mol. The molecule has 2 aromatic rings. The number of hydrogen-bond donors (Lipinski definition) is 1. The summed E-state index contributed by atoms with van der Waals surface area (Å²) in [6.07, 6.45) is 0. The standard InChI is InChI=1S/C14H17ClN2O/c1-3-17(4-2)9-11-7-10-5-6-12(15)8-13(10)16-14(11)18/h5-8H,3-4,9H2,1-2H3,(H,16,18). The fourth-order valence-electron chi connectivity index (χ4n) is 2.02. The number of pyridine rings is 1. The maximum Gasteiger partial charge on any atom is 0.252 e. The van der Waals surface area contributed by atoms with E-state index in [1.165, 1.54) is 0 Å². The third kappa shape index (κ3) is 2.74. The Morgan fingerprint density at radius 3 is 2.61 bits per heavy atom. The Bertz CT molecular complexity index is 602. The lowest BCUT2D eigenvalue weighted by Gasteiger charge is -2.17. The molecule has 0 aliphatic carbocycles.